The molecule has 9 heteroatoms. The van der Waals surface area contributed by atoms with E-state index in [4.69, 9.17) is 24.5 Å². The van der Waals surface area contributed by atoms with Gasteiger partial charge in [-0.2, -0.15) is 4.98 Å². The van der Waals surface area contributed by atoms with Crippen molar-refractivity contribution in [3.05, 3.63) is 54.0 Å². The van der Waals surface area contributed by atoms with Crippen molar-refractivity contribution >= 4 is 16.8 Å². The Morgan fingerprint density at radius 1 is 1.03 bits per heavy atom. The largest absolute Gasteiger partial charge is 0.497 e. The summed E-state index contributed by atoms with van der Waals surface area (Å²) in [5.74, 6) is 2.10. The SMILES string of the molecule is COc1cc(Oc2ccnc3cc(OC)c(C(N)=O)cc23)cc(-c2nc(C)no2)c1. The summed E-state index contributed by atoms with van der Waals surface area (Å²) in [7, 11) is 3.01. The van der Waals surface area contributed by atoms with E-state index in [1.54, 1.807) is 56.6 Å². The zero-order chi connectivity index (χ0) is 21.3. The van der Waals surface area contributed by atoms with Gasteiger partial charge in [-0.05, 0) is 31.2 Å². The van der Waals surface area contributed by atoms with E-state index in [0.717, 1.165) is 0 Å². The first-order valence-electron chi connectivity index (χ1n) is 8.92. The second-order valence-corrected chi connectivity index (χ2v) is 6.39. The molecule has 0 atom stereocenters. The minimum atomic E-state index is -0.612. The molecular weight excluding hydrogens is 388 g/mol. The lowest BCUT2D eigenvalue weighted by Crippen LogP contribution is -2.12. The number of primary amides is 1. The van der Waals surface area contributed by atoms with Crippen molar-refractivity contribution in [1.29, 1.82) is 0 Å². The number of nitrogens with zero attached hydrogens (tertiary/aromatic N) is 3. The predicted molar refractivity (Wildman–Crippen MR) is 108 cm³/mol. The fraction of sp³-hybridized carbons (Fsp3) is 0.143. The van der Waals surface area contributed by atoms with Crippen LogP contribution < -0.4 is 19.9 Å². The monoisotopic (exact) mass is 406 g/mol. The second-order valence-electron chi connectivity index (χ2n) is 6.39. The van der Waals surface area contributed by atoms with E-state index in [2.05, 4.69) is 15.1 Å². The highest BCUT2D eigenvalue weighted by atomic mass is 16.5. The van der Waals surface area contributed by atoms with Gasteiger partial charge in [0.25, 0.3) is 11.8 Å². The molecule has 2 aromatic carbocycles. The van der Waals surface area contributed by atoms with Crippen LogP contribution in [0.2, 0.25) is 0 Å². The maximum absolute atomic E-state index is 11.8. The lowest BCUT2D eigenvalue weighted by Gasteiger charge is -2.13. The van der Waals surface area contributed by atoms with Gasteiger partial charge in [-0.3, -0.25) is 9.78 Å². The van der Waals surface area contributed by atoms with Gasteiger partial charge in [0.1, 0.15) is 23.0 Å². The summed E-state index contributed by atoms with van der Waals surface area (Å²) in [6.45, 7) is 1.73. The van der Waals surface area contributed by atoms with Gasteiger partial charge < -0.3 is 24.5 Å². The summed E-state index contributed by atoms with van der Waals surface area (Å²) in [6, 6.07) is 10.2. The number of fused-ring (bicyclic) bond motifs is 1. The lowest BCUT2D eigenvalue weighted by molar-refractivity contribution is 0.0997. The summed E-state index contributed by atoms with van der Waals surface area (Å²) in [4.78, 5) is 20.4. The van der Waals surface area contributed by atoms with Crippen molar-refractivity contribution in [3.8, 4) is 34.5 Å². The molecular formula is C21H18N4O5. The van der Waals surface area contributed by atoms with Crippen LogP contribution in [0.5, 0.6) is 23.0 Å². The Balaban J connectivity index is 1.80. The molecule has 152 valence electrons. The van der Waals surface area contributed by atoms with Crippen LogP contribution in [0.3, 0.4) is 0 Å². The fourth-order valence-electron chi connectivity index (χ4n) is 3.01. The third-order valence-corrected chi connectivity index (χ3v) is 4.41. The molecule has 0 aliphatic heterocycles. The van der Waals surface area contributed by atoms with Crippen LogP contribution in [0.1, 0.15) is 16.2 Å². The third kappa shape index (κ3) is 3.60. The Kier molecular flexibility index (Phi) is 4.93. The van der Waals surface area contributed by atoms with Crippen molar-refractivity contribution in [2.45, 2.75) is 6.92 Å². The molecule has 0 radical (unpaired) electrons. The van der Waals surface area contributed by atoms with E-state index in [0.29, 0.717) is 51.2 Å². The van der Waals surface area contributed by atoms with Gasteiger partial charge in [-0.1, -0.05) is 5.16 Å². The molecule has 4 rings (SSSR count). The minimum absolute atomic E-state index is 0.232. The summed E-state index contributed by atoms with van der Waals surface area (Å²) < 4.78 is 22.0. The maximum atomic E-state index is 11.8. The first-order chi connectivity index (χ1) is 14.5. The van der Waals surface area contributed by atoms with Gasteiger partial charge in [0.2, 0.25) is 0 Å². The smallest absolute Gasteiger partial charge is 0.258 e. The zero-order valence-electron chi connectivity index (χ0n) is 16.5. The van der Waals surface area contributed by atoms with Crippen LogP contribution in [0, 0.1) is 6.92 Å². The Labute approximate surface area is 171 Å². The molecule has 0 aliphatic carbocycles. The van der Waals surface area contributed by atoms with Gasteiger partial charge in [0.15, 0.2) is 5.82 Å². The van der Waals surface area contributed by atoms with E-state index in [1.807, 2.05) is 0 Å². The van der Waals surface area contributed by atoms with Crippen LogP contribution in [0.15, 0.2) is 47.1 Å². The number of carbonyl (C=O) groups excluding carboxylic acids is 1. The predicted octanol–water partition coefficient (Wildman–Crippen LogP) is 3.50. The van der Waals surface area contributed by atoms with E-state index < -0.39 is 5.91 Å². The highest BCUT2D eigenvalue weighted by Gasteiger charge is 2.16. The normalized spacial score (nSPS) is 10.8. The number of aromatic nitrogens is 3. The molecule has 0 spiro atoms. The number of carbonyl (C=O) groups is 1. The summed E-state index contributed by atoms with van der Waals surface area (Å²) in [5, 5.41) is 4.42. The number of pyridine rings is 1. The summed E-state index contributed by atoms with van der Waals surface area (Å²) in [6.07, 6.45) is 1.60. The van der Waals surface area contributed by atoms with E-state index in [9.17, 15) is 4.79 Å². The van der Waals surface area contributed by atoms with Crippen molar-refractivity contribution in [2.75, 3.05) is 14.2 Å². The Hall–Kier alpha value is -4.14. The van der Waals surface area contributed by atoms with Crippen LogP contribution in [0.25, 0.3) is 22.4 Å². The minimum Gasteiger partial charge on any atom is -0.497 e. The number of ether oxygens (including phenoxy) is 3. The molecule has 2 heterocycles. The highest BCUT2D eigenvalue weighted by molar-refractivity contribution is 6.01. The highest BCUT2D eigenvalue weighted by Crippen LogP contribution is 2.36. The van der Waals surface area contributed by atoms with Crippen LogP contribution in [0.4, 0.5) is 0 Å². The number of methoxy groups -OCH3 is 2. The molecule has 0 bridgehead atoms. The fourth-order valence-corrected chi connectivity index (χ4v) is 3.01. The number of aryl methyl sites for hydroxylation is 1. The van der Waals surface area contributed by atoms with Gasteiger partial charge in [-0.15, -0.1) is 0 Å². The Bertz CT molecular complexity index is 1250. The van der Waals surface area contributed by atoms with Gasteiger partial charge >= 0.3 is 0 Å². The molecule has 0 fully saturated rings. The molecule has 0 saturated carbocycles. The average molecular weight is 406 g/mol. The number of nitrogens with two attached hydrogens (primary N) is 1. The first-order valence-corrected chi connectivity index (χ1v) is 8.92. The second kappa shape index (κ2) is 7.70. The average Bonchev–Trinajstić information content (AvgIpc) is 3.19. The number of rotatable bonds is 6. The molecule has 2 N–H and O–H groups in total. The molecule has 4 aromatic rings. The maximum Gasteiger partial charge on any atom is 0.258 e. The molecule has 0 saturated heterocycles. The number of hydrogen-bond donors (Lipinski definition) is 1. The van der Waals surface area contributed by atoms with E-state index >= 15 is 0 Å². The molecule has 2 aromatic heterocycles. The Morgan fingerprint density at radius 2 is 1.83 bits per heavy atom. The van der Waals surface area contributed by atoms with Crippen LogP contribution >= 0.6 is 0 Å². The van der Waals surface area contributed by atoms with Gasteiger partial charge in [-0.25, -0.2) is 0 Å². The number of hydrogen-bond acceptors (Lipinski definition) is 8. The number of amides is 1. The first kappa shape index (κ1) is 19.2. The quantitative estimate of drug-likeness (QED) is 0.516. The molecule has 1 amide bonds. The van der Waals surface area contributed by atoms with Crippen LogP contribution in [-0.4, -0.2) is 35.3 Å². The van der Waals surface area contributed by atoms with Gasteiger partial charge in [0.05, 0.1) is 25.3 Å². The third-order valence-electron chi connectivity index (χ3n) is 4.41. The zero-order valence-corrected chi connectivity index (χ0v) is 16.5. The van der Waals surface area contributed by atoms with Crippen molar-refractivity contribution in [1.82, 2.24) is 15.1 Å². The van der Waals surface area contributed by atoms with Crippen molar-refractivity contribution in [2.24, 2.45) is 5.73 Å². The van der Waals surface area contributed by atoms with Crippen LogP contribution in [-0.2, 0) is 0 Å². The molecule has 0 unspecified atom stereocenters. The summed E-state index contributed by atoms with van der Waals surface area (Å²) in [5.41, 5.74) is 6.95. The lowest BCUT2D eigenvalue weighted by atomic mass is 10.1. The Morgan fingerprint density at radius 3 is 2.50 bits per heavy atom. The summed E-state index contributed by atoms with van der Waals surface area (Å²) >= 11 is 0. The molecule has 0 aliphatic rings. The standard InChI is InChI=1S/C21H18N4O5/c1-11-24-21(30-25-11)12-6-13(27-2)8-14(7-12)29-18-4-5-23-17-10-19(28-3)16(20(22)26)9-15(17)18/h4-10H,1-3H3,(H2,22,26). The van der Waals surface area contributed by atoms with Gasteiger partial charge in [0, 0.05) is 29.3 Å². The molecule has 9 nitrogen and oxygen atoms in total. The molecule has 30 heavy (non-hydrogen) atoms. The van der Waals surface area contributed by atoms with E-state index in [1.165, 1.54) is 7.11 Å². The van der Waals surface area contributed by atoms with E-state index in [-0.39, 0.29) is 5.56 Å². The number of benzene rings is 2. The van der Waals surface area contributed by atoms with Crippen molar-refractivity contribution in [3.63, 3.8) is 0 Å². The van der Waals surface area contributed by atoms with Crippen molar-refractivity contribution < 1.29 is 23.5 Å². The topological polar surface area (TPSA) is 123 Å².